The second-order valence-corrected chi connectivity index (χ2v) is 15.2. The van der Waals surface area contributed by atoms with E-state index in [0.29, 0.717) is 46.3 Å². The largest absolute Gasteiger partial charge is 0.506 e. The molecule has 5 heteroatoms. The van der Waals surface area contributed by atoms with Crippen molar-refractivity contribution in [1.29, 1.82) is 0 Å². The summed E-state index contributed by atoms with van der Waals surface area (Å²) in [4.78, 5) is 10.3. The maximum absolute atomic E-state index is 12.1. The average molecular weight is 878 g/mol. The number of hydrogen-bond acceptors (Lipinski definition) is 3. The Kier molecular flexibility index (Phi) is 11.2. The third kappa shape index (κ3) is 7.40. The Bertz CT molecular complexity index is 2350. The van der Waals surface area contributed by atoms with Crippen molar-refractivity contribution in [2.45, 2.75) is 79.1 Å². The number of phenolic OH excluding ortho intramolecular Hbond substituents is 1. The van der Waals surface area contributed by atoms with Gasteiger partial charge in [0, 0.05) is 26.6 Å². The molecule has 0 radical (unpaired) electrons. The van der Waals surface area contributed by atoms with E-state index in [1.807, 2.05) is 54.6 Å². The minimum absolute atomic E-state index is 0. The summed E-state index contributed by atoms with van der Waals surface area (Å²) in [5.41, 5.74) is 14.2. The molecular weight excluding hydrogens is 830 g/mol. The smallest absolute Gasteiger partial charge is 0.149 e. The molecule has 0 unspecified atom stereocenters. The zero-order chi connectivity index (χ0) is 36.7. The first-order valence-electron chi connectivity index (χ1n) is 18.6. The zero-order valence-electron chi connectivity index (χ0n) is 31.9. The van der Waals surface area contributed by atoms with Gasteiger partial charge in [0.1, 0.15) is 11.6 Å². The number of benzene rings is 5. The molecule has 0 saturated carbocycles. The Morgan fingerprint density at radius 3 is 1.83 bits per heavy atom. The van der Waals surface area contributed by atoms with Gasteiger partial charge in [-0.25, -0.2) is 4.98 Å². The van der Waals surface area contributed by atoms with Crippen molar-refractivity contribution in [2.24, 2.45) is 0 Å². The van der Waals surface area contributed by atoms with Crippen molar-refractivity contribution in [3.8, 4) is 56.5 Å². The van der Waals surface area contributed by atoms with E-state index in [1.165, 1.54) is 27.8 Å². The minimum atomic E-state index is 0. The number of fused-ring (bicyclic) bond motifs is 1. The summed E-state index contributed by atoms with van der Waals surface area (Å²) in [7, 11) is 0. The number of aromatic nitrogens is 3. The molecule has 0 aliphatic heterocycles. The number of para-hydroxylation sites is 4. The van der Waals surface area contributed by atoms with E-state index >= 15 is 0 Å². The van der Waals surface area contributed by atoms with Gasteiger partial charge < -0.3 is 5.11 Å². The van der Waals surface area contributed by atoms with Crippen molar-refractivity contribution < 1.29 is 26.2 Å². The number of imidazole rings is 1. The van der Waals surface area contributed by atoms with E-state index in [-0.39, 0.29) is 26.8 Å². The van der Waals surface area contributed by atoms with Gasteiger partial charge in [-0.15, -0.1) is 35.4 Å². The molecule has 0 spiro atoms. The molecule has 2 aromatic heterocycles. The number of rotatable bonds is 9. The Hall–Kier alpha value is -4.79. The number of hydrogen-bond donors (Lipinski definition) is 1. The molecule has 0 aliphatic rings. The van der Waals surface area contributed by atoms with Crippen molar-refractivity contribution in [2.75, 3.05) is 0 Å². The average Bonchev–Trinajstić information content (AvgIpc) is 3.53. The van der Waals surface area contributed by atoms with Crippen LogP contribution in [0.5, 0.6) is 5.75 Å². The van der Waals surface area contributed by atoms with Crippen molar-refractivity contribution >= 4 is 11.0 Å². The molecule has 0 amide bonds. The topological polar surface area (TPSA) is 50.9 Å². The van der Waals surface area contributed by atoms with E-state index in [0.717, 1.165) is 33.5 Å². The predicted molar refractivity (Wildman–Crippen MR) is 217 cm³/mol. The van der Waals surface area contributed by atoms with E-state index in [1.54, 1.807) is 0 Å². The van der Waals surface area contributed by atoms with Gasteiger partial charge in [-0.1, -0.05) is 122 Å². The van der Waals surface area contributed by atoms with Gasteiger partial charge in [0.2, 0.25) is 0 Å². The van der Waals surface area contributed by atoms with Crippen LogP contribution in [0, 0.1) is 6.07 Å². The van der Waals surface area contributed by atoms with Crippen LogP contribution >= 0.6 is 0 Å². The van der Waals surface area contributed by atoms with Gasteiger partial charge in [0.15, 0.2) is 0 Å². The predicted octanol–water partition coefficient (Wildman–Crippen LogP) is 13.1. The fraction of sp³-hybridized carbons (Fsp3) is 0.250. The first-order chi connectivity index (χ1) is 25.0. The molecule has 2 heterocycles. The quantitative estimate of drug-likeness (QED) is 0.147. The number of pyridine rings is 1. The van der Waals surface area contributed by atoms with Crippen LogP contribution in [0.4, 0.5) is 0 Å². The van der Waals surface area contributed by atoms with Gasteiger partial charge in [-0.3, -0.25) is 9.55 Å². The molecule has 5 aromatic carbocycles. The standard InChI is InChI=1S/C48H48N3O.Pt/c1-29(2)35-26-36(30(3)4)28-37(27-35)33-15-11-16-34(25-33)42-22-14-23-43(49-42)40-19-13-20-41(47(40)52)48-50-44-21-9-10-24-45(44)51(48)46-38(31(5)6)17-12-18-39(46)32(7)8;/h9-15,17-32,52H,1-8H3;/q-1;. The molecule has 0 saturated heterocycles. The molecule has 7 aromatic rings. The third-order valence-corrected chi connectivity index (χ3v) is 10.2. The molecule has 0 bridgehead atoms. The first kappa shape index (κ1) is 37.9. The molecule has 0 fully saturated rings. The van der Waals surface area contributed by atoms with E-state index < -0.39 is 0 Å². The fourth-order valence-corrected chi connectivity index (χ4v) is 7.17. The fourth-order valence-electron chi connectivity index (χ4n) is 7.17. The van der Waals surface area contributed by atoms with Gasteiger partial charge in [0.25, 0.3) is 0 Å². The van der Waals surface area contributed by atoms with Crippen LogP contribution in [0.15, 0.2) is 115 Å². The maximum atomic E-state index is 12.1. The Balaban J connectivity index is 0.00000481. The summed E-state index contributed by atoms with van der Waals surface area (Å²) in [5, 5.41) is 12.1. The molecule has 7 rings (SSSR count). The van der Waals surface area contributed by atoms with Crippen LogP contribution in [0.1, 0.15) is 101 Å². The molecule has 4 nitrogen and oxygen atoms in total. The van der Waals surface area contributed by atoms with Gasteiger partial charge in [-0.2, -0.15) is 0 Å². The van der Waals surface area contributed by atoms with Crippen LogP contribution in [0.25, 0.3) is 61.8 Å². The summed E-state index contributed by atoms with van der Waals surface area (Å²) in [6.07, 6.45) is 0. The second-order valence-electron chi connectivity index (χ2n) is 15.2. The van der Waals surface area contributed by atoms with Gasteiger partial charge in [0.05, 0.1) is 28.0 Å². The van der Waals surface area contributed by atoms with Crippen molar-refractivity contribution in [1.82, 2.24) is 14.5 Å². The van der Waals surface area contributed by atoms with E-state index in [4.69, 9.17) is 9.97 Å². The number of aromatic hydroxyl groups is 1. The summed E-state index contributed by atoms with van der Waals surface area (Å²) in [6, 6.07) is 43.3. The summed E-state index contributed by atoms with van der Waals surface area (Å²) >= 11 is 0. The molecule has 0 aliphatic carbocycles. The van der Waals surface area contributed by atoms with Crippen LogP contribution in [-0.4, -0.2) is 19.6 Å². The van der Waals surface area contributed by atoms with Gasteiger partial charge in [-0.05, 0) is 87.5 Å². The summed E-state index contributed by atoms with van der Waals surface area (Å²) in [5.74, 6) is 2.32. The zero-order valence-corrected chi connectivity index (χ0v) is 34.2. The van der Waals surface area contributed by atoms with E-state index in [2.05, 4.69) is 127 Å². The van der Waals surface area contributed by atoms with Crippen LogP contribution in [0.2, 0.25) is 0 Å². The minimum Gasteiger partial charge on any atom is -0.506 e. The second kappa shape index (κ2) is 15.7. The Morgan fingerprint density at radius 2 is 1.17 bits per heavy atom. The van der Waals surface area contributed by atoms with Crippen molar-refractivity contribution in [3.05, 3.63) is 144 Å². The Labute approximate surface area is 329 Å². The molecule has 1 N–H and O–H groups in total. The summed E-state index contributed by atoms with van der Waals surface area (Å²) < 4.78 is 2.25. The Morgan fingerprint density at radius 1 is 0.566 bits per heavy atom. The van der Waals surface area contributed by atoms with Crippen LogP contribution < -0.4 is 0 Å². The van der Waals surface area contributed by atoms with Crippen LogP contribution in [0.3, 0.4) is 0 Å². The number of phenols is 1. The molecule has 0 atom stereocenters. The van der Waals surface area contributed by atoms with Crippen LogP contribution in [-0.2, 0) is 21.1 Å². The summed E-state index contributed by atoms with van der Waals surface area (Å²) in [6.45, 7) is 17.9. The van der Waals surface area contributed by atoms with Gasteiger partial charge >= 0.3 is 0 Å². The molecule has 272 valence electrons. The van der Waals surface area contributed by atoms with E-state index in [9.17, 15) is 5.11 Å². The first-order valence-corrected chi connectivity index (χ1v) is 18.6. The SMILES string of the molecule is CC(C)c1cc(-c2cc[c-]c(-c3cccc(-c4cccc(-c5nc6ccccc6n5-c5c(C(C)C)cccc5C(C)C)c4O)n3)c2)cc(C(C)C)c1.[Pt]. The monoisotopic (exact) mass is 877 g/mol. The molecular formula is C48H48N3OPt-. The van der Waals surface area contributed by atoms with Crippen molar-refractivity contribution in [3.63, 3.8) is 0 Å². The molecule has 53 heavy (non-hydrogen) atoms. The maximum Gasteiger partial charge on any atom is 0.149 e. The number of nitrogens with zero attached hydrogens (tertiary/aromatic N) is 3. The normalized spacial score (nSPS) is 11.6. The third-order valence-electron chi connectivity index (χ3n) is 10.2.